The topological polar surface area (TPSA) is 237 Å². The molecule has 200 valence electrons. The second kappa shape index (κ2) is 16.0. The van der Waals surface area contributed by atoms with Crippen LogP contribution in [0.1, 0.15) is 64.2 Å². The van der Waals surface area contributed by atoms with Crippen molar-refractivity contribution in [3.8, 4) is 0 Å². The van der Waals surface area contributed by atoms with E-state index in [4.69, 9.17) is 22.9 Å². The van der Waals surface area contributed by atoms with Crippen LogP contribution in [0.5, 0.6) is 0 Å². The molecule has 1 heterocycles. The maximum absolute atomic E-state index is 13.1. The lowest BCUT2D eigenvalue weighted by Crippen LogP contribution is -2.56. The van der Waals surface area contributed by atoms with E-state index in [0.29, 0.717) is 58.2 Å². The van der Waals surface area contributed by atoms with Gasteiger partial charge < -0.3 is 43.6 Å². The molecule has 0 spiro atoms. The predicted octanol–water partition coefficient (Wildman–Crippen LogP) is -2.12. The maximum Gasteiger partial charge on any atom is 0.326 e. The van der Waals surface area contributed by atoms with Crippen LogP contribution in [-0.4, -0.2) is 83.4 Å². The number of nitrogens with one attached hydrogen (secondary N) is 2. The van der Waals surface area contributed by atoms with Crippen LogP contribution >= 0.6 is 0 Å². The first-order valence-electron chi connectivity index (χ1n) is 12.2. The zero-order chi connectivity index (χ0) is 26.4. The number of carbonyl (C=O) groups is 5. The second-order valence-electron chi connectivity index (χ2n) is 8.83. The molecule has 11 N–H and O–H groups in total. The van der Waals surface area contributed by atoms with E-state index >= 15 is 0 Å². The summed E-state index contributed by atoms with van der Waals surface area (Å²) in [6.45, 7) is 1.15. The number of carbonyl (C=O) groups excluding carboxylic acids is 4. The molecular formula is C22H41N7O6. The lowest BCUT2D eigenvalue weighted by Gasteiger charge is -2.28. The lowest BCUT2D eigenvalue weighted by molar-refractivity contribution is -0.143. The minimum absolute atomic E-state index is 0.0446. The highest BCUT2D eigenvalue weighted by molar-refractivity contribution is 5.94. The number of nitrogens with zero attached hydrogens (tertiary/aromatic N) is 1. The summed E-state index contributed by atoms with van der Waals surface area (Å²) in [6, 6.07) is -3.86. The smallest absolute Gasteiger partial charge is 0.326 e. The van der Waals surface area contributed by atoms with Crippen LogP contribution in [0, 0.1) is 0 Å². The van der Waals surface area contributed by atoms with Crippen molar-refractivity contribution in [3.63, 3.8) is 0 Å². The fourth-order valence-corrected chi connectivity index (χ4v) is 3.99. The molecule has 0 radical (unpaired) electrons. The molecule has 0 aliphatic carbocycles. The Labute approximate surface area is 205 Å². The van der Waals surface area contributed by atoms with E-state index < -0.39 is 53.8 Å². The molecule has 0 aromatic heterocycles. The van der Waals surface area contributed by atoms with E-state index in [9.17, 15) is 29.1 Å². The number of nitrogens with two attached hydrogens (primary N) is 4. The van der Waals surface area contributed by atoms with Gasteiger partial charge in [-0.25, -0.2) is 4.79 Å². The van der Waals surface area contributed by atoms with Crippen LogP contribution in [-0.2, 0) is 24.0 Å². The van der Waals surface area contributed by atoms with E-state index in [0.717, 1.165) is 0 Å². The van der Waals surface area contributed by atoms with Gasteiger partial charge in [0.2, 0.25) is 23.6 Å². The Morgan fingerprint density at radius 2 is 1.51 bits per heavy atom. The Hall–Kier alpha value is -2.77. The standard InChI is InChI=1S/C22H41N7O6/c23-11-3-1-6-15(19(31)28-16(22(34)35)7-2-4-12-24)27-20(32)17-8-5-13-29(17)21(33)14(25)9-10-18(26)30/h14-17H,1-13,23-25H2,(H2,26,30)(H,27,32)(H,28,31)(H,34,35)/t14-,15-,16-,17-/m0/s1. The van der Waals surface area contributed by atoms with Crippen molar-refractivity contribution >= 4 is 29.6 Å². The molecule has 1 aliphatic rings. The Morgan fingerprint density at radius 1 is 0.914 bits per heavy atom. The average molecular weight is 500 g/mol. The fourth-order valence-electron chi connectivity index (χ4n) is 3.99. The summed E-state index contributed by atoms with van der Waals surface area (Å²) in [6.07, 6.45) is 3.83. The molecular weight excluding hydrogens is 458 g/mol. The van der Waals surface area contributed by atoms with Crippen LogP contribution in [0.2, 0.25) is 0 Å². The number of hydrogen-bond acceptors (Lipinski definition) is 8. The number of aliphatic carboxylic acids is 1. The van der Waals surface area contributed by atoms with Gasteiger partial charge in [-0.05, 0) is 70.9 Å². The predicted molar refractivity (Wildman–Crippen MR) is 128 cm³/mol. The van der Waals surface area contributed by atoms with Crippen molar-refractivity contribution in [2.45, 2.75) is 88.4 Å². The van der Waals surface area contributed by atoms with Crippen LogP contribution in [0.4, 0.5) is 0 Å². The number of primary amides is 1. The maximum atomic E-state index is 13.1. The van der Waals surface area contributed by atoms with Gasteiger partial charge in [0.05, 0.1) is 6.04 Å². The fraction of sp³-hybridized carbons (Fsp3) is 0.773. The van der Waals surface area contributed by atoms with E-state index in [-0.39, 0.29) is 25.7 Å². The van der Waals surface area contributed by atoms with Crippen LogP contribution in [0.25, 0.3) is 0 Å². The summed E-state index contributed by atoms with van der Waals surface area (Å²) < 4.78 is 0. The summed E-state index contributed by atoms with van der Waals surface area (Å²) in [5.41, 5.74) is 22.0. The van der Waals surface area contributed by atoms with Crippen molar-refractivity contribution in [1.82, 2.24) is 15.5 Å². The molecule has 0 unspecified atom stereocenters. The third kappa shape index (κ3) is 10.6. The van der Waals surface area contributed by atoms with Gasteiger partial charge in [-0.2, -0.15) is 0 Å². The number of carboxylic acid groups (broad SMARTS) is 1. The van der Waals surface area contributed by atoms with E-state index in [2.05, 4.69) is 10.6 Å². The van der Waals surface area contributed by atoms with Crippen LogP contribution in [0.15, 0.2) is 0 Å². The Balaban J connectivity index is 2.87. The quantitative estimate of drug-likeness (QED) is 0.108. The van der Waals surface area contributed by atoms with Crippen molar-refractivity contribution in [3.05, 3.63) is 0 Å². The lowest BCUT2D eigenvalue weighted by atomic mass is 10.0. The highest BCUT2D eigenvalue weighted by atomic mass is 16.4. The van der Waals surface area contributed by atoms with Gasteiger partial charge in [-0.1, -0.05) is 0 Å². The molecule has 1 saturated heterocycles. The number of hydrogen-bond donors (Lipinski definition) is 7. The van der Waals surface area contributed by atoms with E-state index in [1.165, 1.54) is 4.90 Å². The minimum Gasteiger partial charge on any atom is -0.480 e. The number of unbranched alkanes of at least 4 members (excludes halogenated alkanes) is 2. The van der Waals surface area contributed by atoms with Gasteiger partial charge >= 0.3 is 5.97 Å². The summed E-state index contributed by atoms with van der Waals surface area (Å²) in [7, 11) is 0. The number of amides is 4. The van der Waals surface area contributed by atoms with Crippen molar-refractivity contribution in [2.75, 3.05) is 19.6 Å². The number of rotatable bonds is 17. The number of likely N-dealkylation sites (tertiary alicyclic amines) is 1. The summed E-state index contributed by atoms with van der Waals surface area (Å²) in [4.78, 5) is 62.7. The van der Waals surface area contributed by atoms with Crippen molar-refractivity contribution in [1.29, 1.82) is 0 Å². The SMILES string of the molecule is NCCCC[C@H](NC(=O)[C@H](CCCCN)NC(=O)[C@@H]1CCCN1C(=O)[C@@H](N)CCC(N)=O)C(=O)O. The average Bonchev–Trinajstić information content (AvgIpc) is 3.30. The van der Waals surface area contributed by atoms with Gasteiger partial charge in [-0.15, -0.1) is 0 Å². The van der Waals surface area contributed by atoms with Gasteiger partial charge in [0.1, 0.15) is 18.1 Å². The molecule has 1 fully saturated rings. The van der Waals surface area contributed by atoms with E-state index in [1.54, 1.807) is 0 Å². The van der Waals surface area contributed by atoms with Crippen LogP contribution in [0.3, 0.4) is 0 Å². The molecule has 0 aromatic rings. The first kappa shape index (κ1) is 30.3. The second-order valence-corrected chi connectivity index (χ2v) is 8.83. The molecule has 4 amide bonds. The minimum atomic E-state index is -1.17. The molecule has 1 aliphatic heterocycles. The van der Waals surface area contributed by atoms with Gasteiger partial charge in [0.25, 0.3) is 0 Å². The largest absolute Gasteiger partial charge is 0.480 e. The van der Waals surface area contributed by atoms with Crippen LogP contribution < -0.4 is 33.6 Å². The van der Waals surface area contributed by atoms with Crippen molar-refractivity contribution in [2.24, 2.45) is 22.9 Å². The van der Waals surface area contributed by atoms with Gasteiger partial charge in [0.15, 0.2) is 0 Å². The molecule has 0 aromatic carbocycles. The zero-order valence-electron chi connectivity index (χ0n) is 20.2. The summed E-state index contributed by atoms with van der Waals surface area (Å²) in [5, 5.41) is 14.7. The molecule has 0 saturated carbocycles. The van der Waals surface area contributed by atoms with Gasteiger partial charge in [0, 0.05) is 13.0 Å². The molecule has 13 nitrogen and oxygen atoms in total. The molecule has 35 heavy (non-hydrogen) atoms. The first-order valence-corrected chi connectivity index (χ1v) is 12.2. The van der Waals surface area contributed by atoms with E-state index in [1.807, 2.05) is 0 Å². The summed E-state index contributed by atoms with van der Waals surface area (Å²) >= 11 is 0. The monoisotopic (exact) mass is 499 g/mol. The summed E-state index contributed by atoms with van der Waals surface area (Å²) in [5.74, 6) is -3.32. The molecule has 4 atom stereocenters. The third-order valence-corrected chi connectivity index (χ3v) is 6.00. The molecule has 13 heteroatoms. The van der Waals surface area contributed by atoms with Gasteiger partial charge in [-0.3, -0.25) is 19.2 Å². The number of carboxylic acids is 1. The Bertz CT molecular complexity index is 735. The molecule has 1 rings (SSSR count). The third-order valence-electron chi connectivity index (χ3n) is 6.00. The van der Waals surface area contributed by atoms with Crippen molar-refractivity contribution < 1.29 is 29.1 Å². The highest BCUT2D eigenvalue weighted by Crippen LogP contribution is 2.20. The Kier molecular flexibility index (Phi) is 13.8. The normalized spacial score (nSPS) is 17.9. The highest BCUT2D eigenvalue weighted by Gasteiger charge is 2.37. The zero-order valence-corrected chi connectivity index (χ0v) is 20.2. The Morgan fingerprint density at radius 3 is 2.06 bits per heavy atom. The first-order chi connectivity index (χ1) is 16.6. The molecule has 0 bridgehead atoms.